The molecule has 0 aliphatic rings. The van der Waals surface area contributed by atoms with Gasteiger partial charge in [0.05, 0.1) is 33.7 Å². The van der Waals surface area contributed by atoms with Crippen molar-refractivity contribution in [2.75, 3.05) is 12.5 Å². The summed E-state index contributed by atoms with van der Waals surface area (Å²) in [5.41, 5.74) is 5.67. The fourth-order valence-corrected chi connectivity index (χ4v) is 4.23. The maximum atomic E-state index is 9.62. The fourth-order valence-electron chi connectivity index (χ4n) is 3.74. The Balaban J connectivity index is 1.66. The second-order valence-electron chi connectivity index (χ2n) is 8.08. The van der Waals surface area contributed by atoms with Crippen LogP contribution in [0.2, 0.25) is 10.2 Å². The molecule has 1 aromatic heterocycles. The fraction of sp³-hybridized carbons (Fsp3) is 0.192. The second-order valence-corrected chi connectivity index (χ2v) is 9.25. The SMILES string of the molecule is CC(C)(c1ccc(-c2ccc3nc(Cl)cnc3c2)cc1)c1cc(Cl)c(OCCCl)c(C#N)c1. The van der Waals surface area contributed by atoms with Crippen molar-refractivity contribution < 1.29 is 4.74 Å². The van der Waals surface area contributed by atoms with Crippen LogP contribution in [0.3, 0.4) is 0 Å². The van der Waals surface area contributed by atoms with Crippen molar-refractivity contribution in [1.82, 2.24) is 9.97 Å². The summed E-state index contributed by atoms with van der Waals surface area (Å²) in [5.74, 6) is 0.689. The summed E-state index contributed by atoms with van der Waals surface area (Å²) in [6.07, 6.45) is 1.55. The molecule has 4 aromatic rings. The first-order valence-corrected chi connectivity index (χ1v) is 11.6. The molecule has 0 saturated heterocycles. The lowest BCUT2D eigenvalue weighted by atomic mass is 9.77. The van der Waals surface area contributed by atoms with E-state index in [1.807, 2.05) is 30.3 Å². The highest BCUT2D eigenvalue weighted by Gasteiger charge is 2.26. The van der Waals surface area contributed by atoms with E-state index in [4.69, 9.17) is 39.5 Å². The largest absolute Gasteiger partial charge is 0.489 e. The first kappa shape index (κ1) is 23.3. The lowest BCUT2D eigenvalue weighted by Crippen LogP contribution is -2.19. The Morgan fingerprint density at radius 3 is 2.36 bits per heavy atom. The van der Waals surface area contributed by atoms with Crippen molar-refractivity contribution in [3.63, 3.8) is 0 Å². The molecule has 7 heteroatoms. The maximum Gasteiger partial charge on any atom is 0.155 e. The zero-order chi connectivity index (χ0) is 23.6. The van der Waals surface area contributed by atoms with Crippen molar-refractivity contribution in [1.29, 1.82) is 5.26 Å². The van der Waals surface area contributed by atoms with Gasteiger partial charge in [0.25, 0.3) is 0 Å². The van der Waals surface area contributed by atoms with Crippen molar-refractivity contribution in [3.05, 3.63) is 87.7 Å². The molecule has 0 aliphatic carbocycles. The average molecular weight is 497 g/mol. The second kappa shape index (κ2) is 9.57. The van der Waals surface area contributed by atoms with E-state index in [0.717, 1.165) is 33.3 Å². The number of nitriles is 1. The highest BCUT2D eigenvalue weighted by Crippen LogP contribution is 2.38. The molecule has 166 valence electrons. The number of hydrogen-bond acceptors (Lipinski definition) is 4. The smallest absolute Gasteiger partial charge is 0.155 e. The predicted octanol–water partition coefficient (Wildman–Crippen LogP) is 7.42. The van der Waals surface area contributed by atoms with Gasteiger partial charge in [0.15, 0.2) is 5.75 Å². The Hall–Kier alpha value is -2.84. The van der Waals surface area contributed by atoms with Crippen LogP contribution in [0.15, 0.2) is 60.8 Å². The van der Waals surface area contributed by atoms with Crippen LogP contribution >= 0.6 is 34.8 Å². The molecule has 0 fully saturated rings. The predicted molar refractivity (Wildman–Crippen MR) is 134 cm³/mol. The molecule has 0 aliphatic heterocycles. The molecular formula is C26H20Cl3N3O. The normalized spacial score (nSPS) is 11.4. The minimum atomic E-state index is -0.385. The van der Waals surface area contributed by atoms with Gasteiger partial charge in [-0.2, -0.15) is 5.26 Å². The van der Waals surface area contributed by atoms with Crippen LogP contribution in [0.1, 0.15) is 30.5 Å². The summed E-state index contributed by atoms with van der Waals surface area (Å²) in [6, 6.07) is 20.1. The molecule has 4 rings (SSSR count). The number of alkyl halides is 1. The third kappa shape index (κ3) is 4.77. The topological polar surface area (TPSA) is 58.8 Å². The van der Waals surface area contributed by atoms with Crippen LogP contribution in [-0.4, -0.2) is 22.5 Å². The standard InChI is InChI=1S/C26H20Cl3N3O/c1-26(2,20-11-18(14-30)25(21(28)13-20)33-10-9-27)19-6-3-16(4-7-19)17-5-8-22-23(12-17)31-15-24(29)32-22/h3-8,11-13,15H,9-10H2,1-2H3. The number of halogens is 3. The van der Waals surface area contributed by atoms with E-state index in [0.29, 0.717) is 27.4 Å². The Kier molecular flexibility index (Phi) is 6.76. The first-order valence-electron chi connectivity index (χ1n) is 10.3. The van der Waals surface area contributed by atoms with E-state index >= 15 is 0 Å². The number of rotatable bonds is 6. The molecule has 33 heavy (non-hydrogen) atoms. The number of aromatic nitrogens is 2. The molecule has 0 N–H and O–H groups in total. The molecule has 0 radical (unpaired) electrons. The molecule has 0 unspecified atom stereocenters. The summed E-state index contributed by atoms with van der Waals surface area (Å²) in [4.78, 5) is 8.65. The molecule has 0 amide bonds. The summed E-state index contributed by atoms with van der Waals surface area (Å²) in [5, 5.41) is 10.4. The molecule has 0 spiro atoms. The monoisotopic (exact) mass is 495 g/mol. The van der Waals surface area contributed by atoms with Crippen molar-refractivity contribution in [2.24, 2.45) is 0 Å². The molecule has 0 saturated carbocycles. The summed E-state index contributed by atoms with van der Waals surface area (Å²) >= 11 is 18.1. The van der Waals surface area contributed by atoms with Gasteiger partial charge in [-0.3, -0.25) is 4.98 Å². The maximum absolute atomic E-state index is 9.62. The van der Waals surface area contributed by atoms with Crippen LogP contribution in [-0.2, 0) is 5.41 Å². The van der Waals surface area contributed by atoms with Crippen molar-refractivity contribution in [2.45, 2.75) is 19.3 Å². The number of hydrogen-bond donors (Lipinski definition) is 0. The van der Waals surface area contributed by atoms with Crippen LogP contribution in [0.5, 0.6) is 5.75 Å². The Morgan fingerprint density at radius 1 is 0.939 bits per heavy atom. The minimum Gasteiger partial charge on any atom is -0.489 e. The lowest BCUT2D eigenvalue weighted by molar-refractivity contribution is 0.341. The zero-order valence-corrected chi connectivity index (χ0v) is 20.3. The molecule has 1 heterocycles. The van der Waals surface area contributed by atoms with E-state index in [-0.39, 0.29) is 12.0 Å². The Bertz CT molecular complexity index is 1360. The molecule has 0 atom stereocenters. The van der Waals surface area contributed by atoms with E-state index in [9.17, 15) is 5.26 Å². The van der Waals surface area contributed by atoms with Gasteiger partial charge in [-0.05, 0) is 46.5 Å². The van der Waals surface area contributed by atoms with E-state index in [1.54, 1.807) is 6.20 Å². The van der Waals surface area contributed by atoms with Gasteiger partial charge >= 0.3 is 0 Å². The Labute approximate surface area is 207 Å². The average Bonchev–Trinajstić information content (AvgIpc) is 2.82. The van der Waals surface area contributed by atoms with Crippen molar-refractivity contribution in [3.8, 4) is 22.9 Å². The van der Waals surface area contributed by atoms with Crippen LogP contribution in [0.25, 0.3) is 22.2 Å². The van der Waals surface area contributed by atoms with Gasteiger partial charge < -0.3 is 4.74 Å². The van der Waals surface area contributed by atoms with Crippen LogP contribution in [0.4, 0.5) is 0 Å². The van der Waals surface area contributed by atoms with Gasteiger partial charge in [-0.1, -0.05) is 67.4 Å². The van der Waals surface area contributed by atoms with E-state index in [1.165, 1.54) is 0 Å². The first-order chi connectivity index (χ1) is 15.8. The summed E-state index contributed by atoms with van der Waals surface area (Å²) in [7, 11) is 0. The molecule has 4 nitrogen and oxygen atoms in total. The number of benzene rings is 3. The highest BCUT2D eigenvalue weighted by molar-refractivity contribution is 6.32. The van der Waals surface area contributed by atoms with Crippen molar-refractivity contribution >= 4 is 45.8 Å². The van der Waals surface area contributed by atoms with Gasteiger partial charge in [0, 0.05) is 5.41 Å². The van der Waals surface area contributed by atoms with Crippen LogP contribution in [0, 0.1) is 11.3 Å². The number of nitrogens with zero attached hydrogens (tertiary/aromatic N) is 3. The quantitative estimate of drug-likeness (QED) is 0.261. The third-order valence-electron chi connectivity index (χ3n) is 5.66. The Morgan fingerprint density at radius 2 is 1.67 bits per heavy atom. The van der Waals surface area contributed by atoms with Crippen LogP contribution < -0.4 is 4.74 Å². The number of ether oxygens (including phenoxy) is 1. The third-order valence-corrected chi connectivity index (χ3v) is 6.28. The lowest BCUT2D eigenvalue weighted by Gasteiger charge is -2.27. The molecular weight excluding hydrogens is 477 g/mol. The number of fused-ring (bicyclic) bond motifs is 1. The van der Waals surface area contributed by atoms with Gasteiger partial charge in [0.2, 0.25) is 0 Å². The van der Waals surface area contributed by atoms with Gasteiger partial charge in [-0.25, -0.2) is 4.98 Å². The van der Waals surface area contributed by atoms with E-state index in [2.05, 4.69) is 54.2 Å². The van der Waals surface area contributed by atoms with Gasteiger partial charge in [-0.15, -0.1) is 11.6 Å². The highest BCUT2D eigenvalue weighted by atomic mass is 35.5. The molecule has 3 aromatic carbocycles. The zero-order valence-electron chi connectivity index (χ0n) is 18.1. The summed E-state index contributed by atoms with van der Waals surface area (Å²) < 4.78 is 5.58. The minimum absolute atomic E-state index is 0.285. The molecule has 0 bridgehead atoms. The van der Waals surface area contributed by atoms with E-state index < -0.39 is 0 Å². The summed E-state index contributed by atoms with van der Waals surface area (Å²) in [6.45, 7) is 4.49. The van der Waals surface area contributed by atoms with Gasteiger partial charge in [0.1, 0.15) is 17.8 Å².